The first-order chi connectivity index (χ1) is 9.31. The minimum absolute atomic E-state index is 0.558. The Labute approximate surface area is 121 Å². The highest BCUT2D eigenvalue weighted by atomic mass is 35.5. The zero-order valence-corrected chi connectivity index (χ0v) is 11.8. The Morgan fingerprint density at radius 1 is 0.895 bits per heavy atom. The highest BCUT2D eigenvalue weighted by Gasteiger charge is 1.93. The van der Waals surface area contributed by atoms with E-state index in [1.54, 1.807) is 0 Å². The maximum atomic E-state index is 5.66. The summed E-state index contributed by atoms with van der Waals surface area (Å²) in [7, 11) is 0. The molecule has 2 rings (SSSR count). The third-order valence-electron chi connectivity index (χ3n) is 2.64. The molecule has 0 N–H and O–H groups in total. The molecule has 0 amide bonds. The fourth-order valence-electron chi connectivity index (χ4n) is 1.64. The molecule has 2 aromatic carbocycles. The van der Waals surface area contributed by atoms with Crippen LogP contribution in [-0.4, -0.2) is 0 Å². The number of halogens is 1. The number of benzene rings is 2. The summed E-state index contributed by atoms with van der Waals surface area (Å²) in [5.41, 5.74) is 3.59. The normalized spacial score (nSPS) is 9.11. The van der Waals surface area contributed by atoms with Gasteiger partial charge in [-0.2, -0.15) is 0 Å². The smallest absolute Gasteiger partial charge is 0.0479 e. The molecule has 0 aliphatic heterocycles. The quantitative estimate of drug-likeness (QED) is 0.509. The lowest BCUT2D eigenvalue weighted by Crippen LogP contribution is -1.81. The number of allylic oxidation sites excluding steroid dienone is 1. The Hall–Kier alpha value is -1.79. The van der Waals surface area contributed by atoms with E-state index >= 15 is 0 Å². The molecular formula is C18H19Cl. The van der Waals surface area contributed by atoms with E-state index in [2.05, 4.69) is 25.3 Å². The SMILES string of the molecule is C=CCc1ccccc1.C=Cc1ccccc1CCl. The van der Waals surface area contributed by atoms with Gasteiger partial charge < -0.3 is 0 Å². The second kappa shape index (κ2) is 9.18. The van der Waals surface area contributed by atoms with E-state index in [1.165, 1.54) is 5.56 Å². The standard InChI is InChI=1S/C9H9Cl.C9H10/c1-2-8-5-3-4-6-9(8)7-10;1-2-6-9-7-4-3-5-8-9/h2-6H,1,7H2;2-5,7-8H,1,6H2. The summed E-state index contributed by atoms with van der Waals surface area (Å²) in [6.45, 7) is 7.34. The molecule has 0 aliphatic carbocycles. The van der Waals surface area contributed by atoms with Gasteiger partial charge in [-0.1, -0.05) is 73.3 Å². The number of hydrogen-bond acceptors (Lipinski definition) is 0. The van der Waals surface area contributed by atoms with Gasteiger partial charge in [-0.15, -0.1) is 18.2 Å². The molecule has 1 heteroatoms. The minimum atomic E-state index is 0.558. The summed E-state index contributed by atoms with van der Waals surface area (Å²) in [6.07, 6.45) is 4.70. The summed E-state index contributed by atoms with van der Waals surface area (Å²) in [4.78, 5) is 0. The van der Waals surface area contributed by atoms with Gasteiger partial charge in [0.15, 0.2) is 0 Å². The zero-order valence-electron chi connectivity index (χ0n) is 11.1. The molecule has 0 radical (unpaired) electrons. The fraction of sp³-hybridized carbons (Fsp3) is 0.111. The van der Waals surface area contributed by atoms with Gasteiger partial charge in [0.25, 0.3) is 0 Å². The molecule has 0 bridgehead atoms. The Morgan fingerprint density at radius 2 is 1.53 bits per heavy atom. The predicted molar refractivity (Wildman–Crippen MR) is 86.4 cm³/mol. The fourth-order valence-corrected chi connectivity index (χ4v) is 1.88. The van der Waals surface area contributed by atoms with Crippen LogP contribution in [0.4, 0.5) is 0 Å². The number of hydrogen-bond donors (Lipinski definition) is 0. The van der Waals surface area contributed by atoms with Gasteiger partial charge in [-0.25, -0.2) is 0 Å². The monoisotopic (exact) mass is 270 g/mol. The van der Waals surface area contributed by atoms with Crippen LogP contribution in [0.5, 0.6) is 0 Å². The molecular weight excluding hydrogens is 252 g/mol. The van der Waals surface area contributed by atoms with Crippen LogP contribution in [0.2, 0.25) is 0 Å². The Bertz CT molecular complexity index is 500. The Balaban J connectivity index is 0.000000191. The second-order valence-corrected chi connectivity index (χ2v) is 4.28. The Morgan fingerprint density at radius 3 is 2.05 bits per heavy atom. The van der Waals surface area contributed by atoms with E-state index in [9.17, 15) is 0 Å². The topological polar surface area (TPSA) is 0 Å². The average molecular weight is 271 g/mol. The van der Waals surface area contributed by atoms with Crippen molar-refractivity contribution in [3.63, 3.8) is 0 Å². The van der Waals surface area contributed by atoms with Crippen LogP contribution in [0, 0.1) is 0 Å². The number of rotatable bonds is 4. The van der Waals surface area contributed by atoms with Crippen molar-refractivity contribution in [2.45, 2.75) is 12.3 Å². The van der Waals surface area contributed by atoms with Crippen LogP contribution in [0.25, 0.3) is 6.08 Å². The summed E-state index contributed by atoms with van der Waals surface area (Å²) >= 11 is 5.66. The summed E-state index contributed by atoms with van der Waals surface area (Å²) in [6, 6.07) is 18.3. The molecule has 0 fully saturated rings. The molecule has 0 heterocycles. The van der Waals surface area contributed by atoms with Crippen LogP contribution in [0.1, 0.15) is 16.7 Å². The van der Waals surface area contributed by atoms with Crippen molar-refractivity contribution < 1.29 is 0 Å². The number of alkyl halides is 1. The lowest BCUT2D eigenvalue weighted by Gasteiger charge is -1.98. The third-order valence-corrected chi connectivity index (χ3v) is 2.93. The molecule has 0 aromatic heterocycles. The highest BCUT2D eigenvalue weighted by Crippen LogP contribution is 2.11. The van der Waals surface area contributed by atoms with Gasteiger partial charge in [0.05, 0.1) is 0 Å². The van der Waals surface area contributed by atoms with Crippen molar-refractivity contribution >= 4 is 17.7 Å². The van der Waals surface area contributed by atoms with E-state index < -0.39 is 0 Å². The second-order valence-electron chi connectivity index (χ2n) is 4.01. The molecule has 0 saturated carbocycles. The molecule has 0 atom stereocenters. The maximum Gasteiger partial charge on any atom is 0.0479 e. The van der Waals surface area contributed by atoms with E-state index in [1.807, 2.05) is 54.6 Å². The minimum Gasteiger partial charge on any atom is -0.122 e. The van der Waals surface area contributed by atoms with Crippen LogP contribution < -0.4 is 0 Å². The largest absolute Gasteiger partial charge is 0.122 e. The maximum absolute atomic E-state index is 5.66. The van der Waals surface area contributed by atoms with Crippen molar-refractivity contribution in [1.29, 1.82) is 0 Å². The van der Waals surface area contributed by atoms with Crippen LogP contribution in [-0.2, 0) is 12.3 Å². The molecule has 19 heavy (non-hydrogen) atoms. The molecule has 0 nitrogen and oxygen atoms in total. The van der Waals surface area contributed by atoms with Crippen molar-refractivity contribution in [3.8, 4) is 0 Å². The van der Waals surface area contributed by atoms with Crippen molar-refractivity contribution in [2.24, 2.45) is 0 Å². The molecule has 0 saturated heterocycles. The van der Waals surface area contributed by atoms with E-state index in [4.69, 9.17) is 11.6 Å². The first-order valence-electron chi connectivity index (χ1n) is 6.23. The summed E-state index contributed by atoms with van der Waals surface area (Å²) < 4.78 is 0. The lowest BCUT2D eigenvalue weighted by molar-refractivity contribution is 1.28. The van der Waals surface area contributed by atoms with Gasteiger partial charge in [0.2, 0.25) is 0 Å². The van der Waals surface area contributed by atoms with E-state index in [0.717, 1.165) is 17.5 Å². The lowest BCUT2D eigenvalue weighted by atomic mass is 10.1. The van der Waals surface area contributed by atoms with E-state index in [-0.39, 0.29) is 0 Å². The predicted octanol–water partition coefficient (Wildman–Crippen LogP) is 5.48. The van der Waals surface area contributed by atoms with Gasteiger partial charge >= 0.3 is 0 Å². The van der Waals surface area contributed by atoms with Gasteiger partial charge in [-0.05, 0) is 23.1 Å². The third kappa shape index (κ3) is 5.58. The zero-order chi connectivity index (χ0) is 13.9. The average Bonchev–Trinajstić information content (AvgIpc) is 2.49. The Kier molecular flexibility index (Phi) is 7.38. The molecule has 0 spiro atoms. The van der Waals surface area contributed by atoms with Crippen molar-refractivity contribution in [2.75, 3.05) is 0 Å². The molecule has 0 aliphatic rings. The first kappa shape index (κ1) is 15.3. The van der Waals surface area contributed by atoms with Crippen LogP contribution >= 0.6 is 11.6 Å². The summed E-state index contributed by atoms with van der Waals surface area (Å²) in [5.74, 6) is 0.558. The highest BCUT2D eigenvalue weighted by molar-refractivity contribution is 6.17. The van der Waals surface area contributed by atoms with E-state index in [0.29, 0.717) is 5.88 Å². The molecule has 2 aromatic rings. The van der Waals surface area contributed by atoms with Crippen LogP contribution in [0.3, 0.4) is 0 Å². The van der Waals surface area contributed by atoms with Crippen molar-refractivity contribution in [1.82, 2.24) is 0 Å². The first-order valence-corrected chi connectivity index (χ1v) is 6.76. The van der Waals surface area contributed by atoms with Gasteiger partial charge in [-0.3, -0.25) is 0 Å². The van der Waals surface area contributed by atoms with Crippen LogP contribution in [0.15, 0.2) is 73.8 Å². The van der Waals surface area contributed by atoms with Gasteiger partial charge in [0, 0.05) is 5.88 Å². The van der Waals surface area contributed by atoms with Crippen molar-refractivity contribution in [3.05, 3.63) is 90.5 Å². The molecule has 98 valence electrons. The molecule has 0 unspecified atom stereocenters. The van der Waals surface area contributed by atoms with Gasteiger partial charge in [0.1, 0.15) is 0 Å². The summed E-state index contributed by atoms with van der Waals surface area (Å²) in [5, 5.41) is 0.